The molecule has 20 heavy (non-hydrogen) atoms. The Bertz CT molecular complexity index is 666. The molecule has 1 amide bonds. The van der Waals surface area contributed by atoms with E-state index in [0.29, 0.717) is 25.5 Å². The molecule has 0 aliphatic carbocycles. The van der Waals surface area contributed by atoms with Gasteiger partial charge in [-0.25, -0.2) is 0 Å². The third-order valence-corrected chi connectivity index (χ3v) is 3.22. The molecule has 0 fully saturated rings. The number of fused-ring (bicyclic) bond motifs is 1. The first kappa shape index (κ1) is 12.3. The normalized spacial score (nSPS) is 14.2. The van der Waals surface area contributed by atoms with Crippen molar-refractivity contribution in [2.24, 2.45) is 0 Å². The molecular weight excluding hydrogens is 260 g/mol. The number of anilines is 1. The highest BCUT2D eigenvalue weighted by Gasteiger charge is 2.32. The Hall–Kier alpha value is -2.70. The number of amides is 1. The van der Waals surface area contributed by atoms with Gasteiger partial charge in [0.15, 0.2) is 0 Å². The van der Waals surface area contributed by atoms with E-state index in [-0.39, 0.29) is 11.7 Å². The number of imidazole rings is 1. The summed E-state index contributed by atoms with van der Waals surface area (Å²) in [6, 6.07) is 9.48. The lowest BCUT2D eigenvalue weighted by Crippen LogP contribution is -2.37. The fraction of sp³-hybridized carbons (Fsp3) is 0.231. The zero-order valence-corrected chi connectivity index (χ0v) is 10.6. The van der Waals surface area contributed by atoms with E-state index in [1.165, 1.54) is 11.1 Å². The van der Waals surface area contributed by atoms with Gasteiger partial charge in [-0.2, -0.15) is 0 Å². The molecule has 102 valence electrons. The average Bonchev–Trinajstić information content (AvgIpc) is 2.88. The summed E-state index contributed by atoms with van der Waals surface area (Å²) in [7, 11) is 0. The number of nitro groups is 1. The first-order valence-electron chi connectivity index (χ1n) is 6.21. The Balaban J connectivity index is 1.95. The van der Waals surface area contributed by atoms with Crippen molar-refractivity contribution < 1.29 is 9.72 Å². The first-order valence-corrected chi connectivity index (χ1v) is 6.21. The fourth-order valence-electron chi connectivity index (χ4n) is 2.25. The van der Waals surface area contributed by atoms with Crippen molar-refractivity contribution in [2.75, 3.05) is 4.90 Å². The van der Waals surface area contributed by atoms with Gasteiger partial charge in [-0.15, -0.1) is 0 Å². The first-order chi connectivity index (χ1) is 9.65. The Labute approximate surface area is 114 Å². The predicted molar refractivity (Wildman–Crippen MR) is 71.1 cm³/mol. The van der Waals surface area contributed by atoms with Crippen molar-refractivity contribution >= 4 is 17.7 Å². The van der Waals surface area contributed by atoms with Gasteiger partial charge >= 0.3 is 11.8 Å². The molecule has 3 rings (SSSR count). The second-order valence-corrected chi connectivity index (χ2v) is 4.57. The summed E-state index contributed by atoms with van der Waals surface area (Å²) in [6.07, 6.45) is 1.70. The van der Waals surface area contributed by atoms with Gasteiger partial charge in [0.1, 0.15) is 6.20 Å². The maximum atomic E-state index is 12.0. The van der Waals surface area contributed by atoms with E-state index in [1.807, 2.05) is 30.3 Å². The van der Waals surface area contributed by atoms with Crippen LogP contribution in [0.4, 0.5) is 11.8 Å². The van der Waals surface area contributed by atoms with Crippen molar-refractivity contribution in [3.05, 3.63) is 52.2 Å². The summed E-state index contributed by atoms with van der Waals surface area (Å²) in [4.78, 5) is 27.7. The summed E-state index contributed by atoms with van der Waals surface area (Å²) in [5.74, 6) is 0.0476. The Kier molecular flexibility index (Phi) is 2.94. The SMILES string of the molecule is O=C1CCn2cc([N+](=O)[O-])nc2N1Cc1ccccc1. The molecule has 1 aliphatic heterocycles. The number of hydrogen-bond acceptors (Lipinski definition) is 4. The second-order valence-electron chi connectivity index (χ2n) is 4.57. The van der Waals surface area contributed by atoms with E-state index < -0.39 is 4.92 Å². The highest BCUT2D eigenvalue weighted by atomic mass is 16.6. The van der Waals surface area contributed by atoms with Gasteiger partial charge in [-0.3, -0.25) is 14.3 Å². The van der Waals surface area contributed by atoms with Gasteiger partial charge in [-0.1, -0.05) is 30.3 Å². The van der Waals surface area contributed by atoms with Crippen molar-refractivity contribution in [1.82, 2.24) is 9.55 Å². The molecule has 7 heteroatoms. The fourth-order valence-corrected chi connectivity index (χ4v) is 2.25. The summed E-state index contributed by atoms with van der Waals surface area (Å²) < 4.78 is 1.66. The molecular formula is C13H12N4O3. The number of rotatable bonds is 3. The third-order valence-electron chi connectivity index (χ3n) is 3.22. The molecule has 0 unspecified atom stereocenters. The highest BCUT2D eigenvalue weighted by molar-refractivity contribution is 5.92. The maximum absolute atomic E-state index is 12.0. The maximum Gasteiger partial charge on any atom is 0.384 e. The molecule has 0 atom stereocenters. The van der Waals surface area contributed by atoms with Crippen molar-refractivity contribution in [2.45, 2.75) is 19.5 Å². The summed E-state index contributed by atoms with van der Waals surface area (Å²) >= 11 is 0. The van der Waals surface area contributed by atoms with Gasteiger partial charge in [0, 0.05) is 17.9 Å². The number of aryl methyl sites for hydroxylation is 1. The summed E-state index contributed by atoms with van der Waals surface area (Å²) in [5.41, 5.74) is 0.958. The Morgan fingerprint density at radius 3 is 2.75 bits per heavy atom. The molecule has 1 aliphatic rings. The van der Waals surface area contributed by atoms with Gasteiger partial charge in [0.25, 0.3) is 0 Å². The van der Waals surface area contributed by atoms with Crippen LogP contribution < -0.4 is 4.90 Å². The minimum atomic E-state index is -0.545. The molecule has 2 heterocycles. The molecule has 0 radical (unpaired) electrons. The lowest BCUT2D eigenvalue weighted by atomic mass is 10.2. The summed E-state index contributed by atoms with van der Waals surface area (Å²) in [5, 5.41) is 10.8. The zero-order chi connectivity index (χ0) is 14.1. The third kappa shape index (κ3) is 2.13. The second kappa shape index (κ2) is 4.76. The van der Waals surface area contributed by atoms with Crippen molar-refractivity contribution in [3.63, 3.8) is 0 Å². The number of nitrogens with zero attached hydrogens (tertiary/aromatic N) is 4. The van der Waals surface area contributed by atoms with Crippen LogP contribution in [0.15, 0.2) is 36.5 Å². The van der Waals surface area contributed by atoms with E-state index in [0.717, 1.165) is 5.56 Å². The van der Waals surface area contributed by atoms with Gasteiger partial charge in [0.2, 0.25) is 5.91 Å². The minimum absolute atomic E-state index is 0.0677. The number of aromatic nitrogens is 2. The largest absolute Gasteiger partial charge is 0.384 e. The van der Waals surface area contributed by atoms with Crippen molar-refractivity contribution in [1.29, 1.82) is 0 Å². The molecule has 1 aromatic carbocycles. The number of benzene rings is 1. The van der Waals surface area contributed by atoms with Crippen LogP contribution in [-0.2, 0) is 17.9 Å². The van der Waals surface area contributed by atoms with Crippen LogP contribution in [0.25, 0.3) is 0 Å². The Morgan fingerprint density at radius 2 is 2.05 bits per heavy atom. The highest BCUT2D eigenvalue weighted by Crippen LogP contribution is 2.25. The van der Waals surface area contributed by atoms with Crippen LogP contribution >= 0.6 is 0 Å². The van der Waals surface area contributed by atoms with Crippen LogP contribution in [0.2, 0.25) is 0 Å². The topological polar surface area (TPSA) is 81.3 Å². The van der Waals surface area contributed by atoms with Crippen LogP contribution in [0.5, 0.6) is 0 Å². The standard InChI is InChI=1S/C13H12N4O3/c18-12-6-7-15-9-11(17(19)20)14-13(15)16(12)8-10-4-2-1-3-5-10/h1-5,9H,6-8H2. The molecule has 2 aromatic rings. The van der Waals surface area contributed by atoms with Crippen LogP contribution in [0.1, 0.15) is 12.0 Å². The predicted octanol–water partition coefficient (Wildman–Crippen LogP) is 1.73. The summed E-state index contributed by atoms with van der Waals surface area (Å²) in [6.45, 7) is 0.800. The zero-order valence-electron chi connectivity index (χ0n) is 10.6. The van der Waals surface area contributed by atoms with Crippen LogP contribution in [0, 0.1) is 10.1 Å². The van der Waals surface area contributed by atoms with E-state index in [4.69, 9.17) is 0 Å². The monoisotopic (exact) mass is 272 g/mol. The molecule has 0 saturated heterocycles. The van der Waals surface area contributed by atoms with Crippen LogP contribution in [-0.4, -0.2) is 20.4 Å². The molecule has 0 N–H and O–H groups in total. The van der Waals surface area contributed by atoms with Gasteiger partial charge < -0.3 is 10.1 Å². The van der Waals surface area contributed by atoms with Crippen LogP contribution in [0.3, 0.4) is 0 Å². The lowest BCUT2D eigenvalue weighted by molar-refractivity contribution is -0.389. The van der Waals surface area contributed by atoms with Gasteiger partial charge in [0.05, 0.1) is 6.54 Å². The quantitative estimate of drug-likeness (QED) is 0.629. The molecule has 7 nitrogen and oxygen atoms in total. The molecule has 0 bridgehead atoms. The van der Waals surface area contributed by atoms with Gasteiger partial charge in [-0.05, 0) is 10.5 Å². The number of carbonyl (C=O) groups excluding carboxylic acids is 1. The lowest BCUT2D eigenvalue weighted by Gasteiger charge is -2.24. The van der Waals surface area contributed by atoms with E-state index in [1.54, 1.807) is 4.57 Å². The molecule has 0 spiro atoms. The van der Waals surface area contributed by atoms with E-state index in [2.05, 4.69) is 4.98 Å². The molecule has 1 aromatic heterocycles. The van der Waals surface area contributed by atoms with E-state index in [9.17, 15) is 14.9 Å². The smallest absolute Gasteiger partial charge is 0.358 e. The Morgan fingerprint density at radius 1 is 1.30 bits per heavy atom. The minimum Gasteiger partial charge on any atom is -0.358 e. The number of hydrogen-bond donors (Lipinski definition) is 0. The number of carbonyl (C=O) groups is 1. The average molecular weight is 272 g/mol. The van der Waals surface area contributed by atoms with E-state index >= 15 is 0 Å². The van der Waals surface area contributed by atoms with Crippen molar-refractivity contribution in [3.8, 4) is 0 Å². The molecule has 0 saturated carbocycles.